The zero-order chi connectivity index (χ0) is 24.5. The maximum atomic E-state index is 15.1. The van der Waals surface area contributed by atoms with Crippen LogP contribution in [0.4, 0.5) is 4.39 Å². The predicted octanol–water partition coefficient (Wildman–Crippen LogP) is 11.2. The number of unbranched alkanes of at least 4 members (excludes halogenated alkanes) is 4. The van der Waals surface area contributed by atoms with Crippen LogP contribution >= 0.6 is 0 Å². The maximum Gasteiger partial charge on any atom is 0.127 e. The number of hydrogen-bond acceptors (Lipinski definition) is 0. The zero-order valence-corrected chi connectivity index (χ0v) is 22.5. The number of benzene rings is 2. The molecule has 0 saturated heterocycles. The summed E-state index contributed by atoms with van der Waals surface area (Å²) in [6, 6.07) is 15.1. The van der Waals surface area contributed by atoms with Crippen molar-refractivity contribution in [2.24, 2.45) is 11.8 Å². The molecule has 0 N–H and O–H groups in total. The van der Waals surface area contributed by atoms with Gasteiger partial charge in [0.1, 0.15) is 5.82 Å². The van der Waals surface area contributed by atoms with Crippen LogP contribution in [0.15, 0.2) is 42.5 Å². The van der Waals surface area contributed by atoms with E-state index in [0.717, 1.165) is 41.4 Å². The third-order valence-corrected chi connectivity index (χ3v) is 9.26. The highest BCUT2D eigenvalue weighted by molar-refractivity contribution is 5.64. The third kappa shape index (κ3) is 7.43. The summed E-state index contributed by atoms with van der Waals surface area (Å²) < 4.78 is 15.1. The third-order valence-electron chi connectivity index (χ3n) is 9.26. The van der Waals surface area contributed by atoms with Crippen molar-refractivity contribution in [2.75, 3.05) is 0 Å². The van der Waals surface area contributed by atoms with Crippen LogP contribution in [0, 0.1) is 17.7 Å². The molecule has 0 nitrogen and oxygen atoms in total. The summed E-state index contributed by atoms with van der Waals surface area (Å²) in [6.45, 7) is 4.57. The van der Waals surface area contributed by atoms with E-state index in [-0.39, 0.29) is 5.82 Å². The summed E-state index contributed by atoms with van der Waals surface area (Å²) in [7, 11) is 0. The molecule has 35 heavy (non-hydrogen) atoms. The molecule has 192 valence electrons. The van der Waals surface area contributed by atoms with E-state index in [0.29, 0.717) is 11.8 Å². The molecule has 2 aliphatic rings. The standard InChI is InChI=1S/C34H49F/c1-3-5-6-7-8-10-27-11-15-28(16-12-27)29-19-21-30(22-20-29)32-23-24-33(34(35)25-32)31-17-13-26(9-4-2)14-18-31/h19-28,31H,3-18H2,1-2H3. The topological polar surface area (TPSA) is 0 Å². The summed E-state index contributed by atoms with van der Waals surface area (Å²) in [4.78, 5) is 0. The van der Waals surface area contributed by atoms with Crippen LogP contribution in [0.1, 0.15) is 140 Å². The van der Waals surface area contributed by atoms with Crippen LogP contribution in [-0.4, -0.2) is 0 Å². The second-order valence-corrected chi connectivity index (χ2v) is 11.8. The minimum atomic E-state index is -0.00136. The van der Waals surface area contributed by atoms with Gasteiger partial charge in [-0.2, -0.15) is 0 Å². The predicted molar refractivity (Wildman–Crippen MR) is 150 cm³/mol. The molecule has 0 spiro atoms. The second-order valence-electron chi connectivity index (χ2n) is 11.8. The lowest BCUT2D eigenvalue weighted by Crippen LogP contribution is -2.14. The Morgan fingerprint density at radius 3 is 1.83 bits per heavy atom. The molecule has 2 aromatic carbocycles. The van der Waals surface area contributed by atoms with Gasteiger partial charge in [0.2, 0.25) is 0 Å². The highest BCUT2D eigenvalue weighted by atomic mass is 19.1. The van der Waals surface area contributed by atoms with E-state index in [2.05, 4.69) is 50.2 Å². The Hall–Kier alpha value is -1.63. The molecule has 0 aliphatic heterocycles. The molecule has 0 heterocycles. The van der Waals surface area contributed by atoms with Crippen molar-refractivity contribution >= 4 is 0 Å². The second kappa shape index (κ2) is 13.6. The van der Waals surface area contributed by atoms with E-state index in [1.54, 1.807) is 6.07 Å². The van der Waals surface area contributed by atoms with Crippen molar-refractivity contribution in [3.63, 3.8) is 0 Å². The van der Waals surface area contributed by atoms with E-state index >= 15 is 4.39 Å². The fourth-order valence-corrected chi connectivity index (χ4v) is 6.98. The average molecular weight is 477 g/mol. The zero-order valence-electron chi connectivity index (χ0n) is 22.5. The van der Waals surface area contributed by atoms with E-state index < -0.39 is 0 Å². The van der Waals surface area contributed by atoms with Crippen LogP contribution in [-0.2, 0) is 0 Å². The van der Waals surface area contributed by atoms with E-state index in [1.807, 2.05) is 0 Å². The minimum Gasteiger partial charge on any atom is -0.207 e. The fourth-order valence-electron chi connectivity index (χ4n) is 6.98. The van der Waals surface area contributed by atoms with Crippen molar-refractivity contribution in [3.8, 4) is 11.1 Å². The van der Waals surface area contributed by atoms with Crippen LogP contribution < -0.4 is 0 Å². The first kappa shape index (κ1) is 26.4. The first-order valence-corrected chi connectivity index (χ1v) is 15.1. The van der Waals surface area contributed by atoms with Gasteiger partial charge in [0.25, 0.3) is 0 Å². The van der Waals surface area contributed by atoms with Crippen LogP contribution in [0.5, 0.6) is 0 Å². The van der Waals surface area contributed by atoms with Crippen molar-refractivity contribution < 1.29 is 4.39 Å². The molecule has 0 unspecified atom stereocenters. The van der Waals surface area contributed by atoms with E-state index in [1.165, 1.54) is 95.5 Å². The number of halogens is 1. The number of hydrogen-bond donors (Lipinski definition) is 0. The molecule has 2 saturated carbocycles. The molecule has 2 aromatic rings. The first-order valence-electron chi connectivity index (χ1n) is 15.1. The lowest BCUT2D eigenvalue weighted by molar-refractivity contribution is 0.302. The van der Waals surface area contributed by atoms with Gasteiger partial charge in [-0.05, 0) is 103 Å². The molecule has 4 rings (SSSR count). The van der Waals surface area contributed by atoms with Crippen LogP contribution in [0.3, 0.4) is 0 Å². The van der Waals surface area contributed by atoms with Crippen LogP contribution in [0.2, 0.25) is 0 Å². The summed E-state index contributed by atoms with van der Waals surface area (Å²) in [5, 5.41) is 0. The van der Waals surface area contributed by atoms with Gasteiger partial charge in [-0.1, -0.05) is 102 Å². The van der Waals surface area contributed by atoms with Gasteiger partial charge >= 0.3 is 0 Å². The summed E-state index contributed by atoms with van der Waals surface area (Å²) in [6.07, 6.45) is 21.4. The quantitative estimate of drug-likeness (QED) is 0.283. The number of rotatable bonds is 11. The molecule has 2 fully saturated rings. The Bertz CT molecular complexity index is 866. The van der Waals surface area contributed by atoms with E-state index in [4.69, 9.17) is 0 Å². The molecule has 0 amide bonds. The Morgan fingerprint density at radius 2 is 1.20 bits per heavy atom. The smallest absolute Gasteiger partial charge is 0.127 e. The van der Waals surface area contributed by atoms with Gasteiger partial charge in [0, 0.05) is 0 Å². The average Bonchev–Trinajstić information content (AvgIpc) is 2.90. The molecule has 1 heteroatoms. The molecule has 2 aliphatic carbocycles. The summed E-state index contributed by atoms with van der Waals surface area (Å²) in [5.74, 6) is 2.94. The minimum absolute atomic E-state index is 0.00136. The van der Waals surface area contributed by atoms with Crippen molar-refractivity contribution in [2.45, 2.75) is 128 Å². The highest BCUT2D eigenvalue weighted by Gasteiger charge is 2.24. The monoisotopic (exact) mass is 476 g/mol. The summed E-state index contributed by atoms with van der Waals surface area (Å²) >= 11 is 0. The first-order chi connectivity index (χ1) is 17.2. The molecular weight excluding hydrogens is 427 g/mol. The van der Waals surface area contributed by atoms with Gasteiger partial charge in [-0.25, -0.2) is 4.39 Å². The molecule has 0 aromatic heterocycles. The van der Waals surface area contributed by atoms with Gasteiger partial charge in [-0.15, -0.1) is 0 Å². The van der Waals surface area contributed by atoms with Crippen molar-refractivity contribution in [1.82, 2.24) is 0 Å². The largest absolute Gasteiger partial charge is 0.207 e. The van der Waals surface area contributed by atoms with Crippen molar-refractivity contribution in [3.05, 3.63) is 59.4 Å². The molecule has 0 atom stereocenters. The van der Waals surface area contributed by atoms with Crippen molar-refractivity contribution in [1.29, 1.82) is 0 Å². The molecular formula is C34H49F. The fraction of sp³-hybridized carbons (Fsp3) is 0.647. The SMILES string of the molecule is CCCCCCCC1CCC(c2ccc(-c3ccc(C4CCC(CCC)CC4)c(F)c3)cc2)CC1. The Labute approximate surface area is 215 Å². The van der Waals surface area contributed by atoms with Gasteiger partial charge in [0.15, 0.2) is 0 Å². The molecule has 0 radical (unpaired) electrons. The Kier molecular flexibility index (Phi) is 10.3. The van der Waals surface area contributed by atoms with Gasteiger partial charge in [0.05, 0.1) is 0 Å². The Morgan fingerprint density at radius 1 is 0.600 bits per heavy atom. The lowest BCUT2D eigenvalue weighted by atomic mass is 9.76. The maximum absolute atomic E-state index is 15.1. The summed E-state index contributed by atoms with van der Waals surface area (Å²) in [5.41, 5.74) is 4.59. The normalized spacial score (nSPS) is 25.0. The van der Waals surface area contributed by atoms with Gasteiger partial charge in [-0.3, -0.25) is 0 Å². The lowest BCUT2D eigenvalue weighted by Gasteiger charge is -2.29. The highest BCUT2D eigenvalue weighted by Crippen LogP contribution is 2.40. The Balaban J connectivity index is 1.28. The molecule has 0 bridgehead atoms. The van der Waals surface area contributed by atoms with E-state index in [9.17, 15) is 0 Å². The van der Waals surface area contributed by atoms with Gasteiger partial charge < -0.3 is 0 Å². The van der Waals surface area contributed by atoms with Crippen LogP contribution in [0.25, 0.3) is 11.1 Å².